The molecule has 1 N–H and O–H groups in total. The number of carbonyl (C=O) groups excluding carboxylic acids is 1. The van der Waals surface area contributed by atoms with Gasteiger partial charge in [-0.15, -0.1) is 0 Å². The number of anilines is 1. The number of amides is 1. The highest BCUT2D eigenvalue weighted by Gasteiger charge is 2.26. The second-order valence-electron chi connectivity index (χ2n) is 6.00. The Morgan fingerprint density at radius 1 is 1.27 bits per heavy atom. The van der Waals surface area contributed by atoms with Crippen LogP contribution in [0.5, 0.6) is 0 Å². The summed E-state index contributed by atoms with van der Waals surface area (Å²) in [7, 11) is 0. The largest absolute Gasteiger partial charge is 0.369 e. The Morgan fingerprint density at radius 3 is 2.55 bits per heavy atom. The third kappa shape index (κ3) is 4.37. The monoisotopic (exact) mass is 323 g/mol. The van der Waals surface area contributed by atoms with E-state index in [1.807, 2.05) is 32.0 Å². The summed E-state index contributed by atoms with van der Waals surface area (Å²) < 4.78 is 0. The fourth-order valence-electron chi connectivity index (χ4n) is 2.67. The molecule has 1 fully saturated rings. The van der Waals surface area contributed by atoms with Gasteiger partial charge in [-0.1, -0.05) is 24.6 Å². The first kappa shape index (κ1) is 17.1. The number of nitrogens with zero attached hydrogens (tertiary/aromatic N) is 2. The standard InChI is InChI=1S/C17H26ClN3O/c1-4-13(2)19-17(22)14(3)20-8-10-21(11-9-20)16-7-5-6-15(18)12-16/h5-7,12-14H,4,8-11H2,1-3H3,(H,19,22). The smallest absolute Gasteiger partial charge is 0.237 e. The van der Waals surface area contributed by atoms with Gasteiger partial charge in [-0.05, 0) is 38.5 Å². The summed E-state index contributed by atoms with van der Waals surface area (Å²) in [5.41, 5.74) is 1.16. The SMILES string of the molecule is CCC(C)NC(=O)C(C)N1CCN(c2cccc(Cl)c2)CC1. The van der Waals surface area contributed by atoms with Gasteiger partial charge in [-0.25, -0.2) is 0 Å². The number of carbonyl (C=O) groups is 1. The number of benzene rings is 1. The van der Waals surface area contributed by atoms with Crippen LogP contribution in [0, 0.1) is 0 Å². The molecule has 0 aliphatic carbocycles. The quantitative estimate of drug-likeness (QED) is 0.905. The Bertz CT molecular complexity index is 500. The summed E-state index contributed by atoms with van der Waals surface area (Å²) in [6.07, 6.45) is 0.959. The molecular formula is C17H26ClN3O. The number of hydrogen-bond acceptors (Lipinski definition) is 3. The maximum atomic E-state index is 12.2. The van der Waals surface area contributed by atoms with Crippen molar-refractivity contribution in [3.05, 3.63) is 29.3 Å². The maximum absolute atomic E-state index is 12.2. The van der Waals surface area contributed by atoms with Crippen LogP contribution in [0.15, 0.2) is 24.3 Å². The molecule has 2 atom stereocenters. The van der Waals surface area contributed by atoms with Gasteiger partial charge in [-0.2, -0.15) is 0 Å². The van der Waals surface area contributed by atoms with Crippen molar-refractivity contribution in [3.8, 4) is 0 Å². The lowest BCUT2D eigenvalue weighted by Gasteiger charge is -2.38. The van der Waals surface area contributed by atoms with Crippen LogP contribution in [0.2, 0.25) is 5.02 Å². The number of rotatable bonds is 5. The van der Waals surface area contributed by atoms with Crippen LogP contribution < -0.4 is 10.2 Å². The van der Waals surface area contributed by atoms with E-state index in [1.54, 1.807) is 0 Å². The van der Waals surface area contributed by atoms with E-state index in [-0.39, 0.29) is 18.0 Å². The molecule has 2 rings (SSSR count). The number of nitrogens with one attached hydrogen (secondary N) is 1. The van der Waals surface area contributed by atoms with Crippen molar-refractivity contribution in [2.24, 2.45) is 0 Å². The van der Waals surface area contributed by atoms with Crippen LogP contribution >= 0.6 is 11.6 Å². The van der Waals surface area contributed by atoms with E-state index in [1.165, 1.54) is 0 Å². The first-order valence-electron chi connectivity index (χ1n) is 8.06. The van der Waals surface area contributed by atoms with Crippen molar-refractivity contribution in [2.75, 3.05) is 31.1 Å². The molecule has 122 valence electrons. The van der Waals surface area contributed by atoms with E-state index in [9.17, 15) is 4.79 Å². The Kier molecular flexibility index (Phi) is 6.09. The lowest BCUT2D eigenvalue weighted by Crippen LogP contribution is -2.54. The lowest BCUT2D eigenvalue weighted by molar-refractivity contribution is -0.126. The molecule has 1 heterocycles. The molecule has 1 aliphatic rings. The molecule has 0 saturated carbocycles. The van der Waals surface area contributed by atoms with Crippen molar-refractivity contribution in [1.82, 2.24) is 10.2 Å². The normalized spacial score (nSPS) is 18.8. The van der Waals surface area contributed by atoms with Gasteiger partial charge in [0.1, 0.15) is 0 Å². The second-order valence-corrected chi connectivity index (χ2v) is 6.43. The molecule has 1 aliphatic heterocycles. The van der Waals surface area contributed by atoms with Crippen molar-refractivity contribution in [1.29, 1.82) is 0 Å². The molecule has 0 radical (unpaired) electrons. The minimum absolute atomic E-state index is 0.0736. The Labute approximate surface area is 138 Å². The van der Waals surface area contributed by atoms with Gasteiger partial charge in [0.15, 0.2) is 0 Å². The molecule has 0 aromatic heterocycles. The topological polar surface area (TPSA) is 35.6 Å². The van der Waals surface area contributed by atoms with Crippen LogP contribution in [-0.4, -0.2) is 49.1 Å². The van der Waals surface area contributed by atoms with Crippen LogP contribution in [0.3, 0.4) is 0 Å². The first-order chi connectivity index (χ1) is 10.5. The Morgan fingerprint density at radius 2 is 1.95 bits per heavy atom. The zero-order valence-corrected chi connectivity index (χ0v) is 14.4. The van der Waals surface area contributed by atoms with E-state index < -0.39 is 0 Å². The zero-order chi connectivity index (χ0) is 16.1. The third-order valence-corrected chi connectivity index (χ3v) is 4.65. The van der Waals surface area contributed by atoms with Crippen LogP contribution in [-0.2, 0) is 4.79 Å². The summed E-state index contributed by atoms with van der Waals surface area (Å²) in [5.74, 6) is 0.130. The molecule has 4 nitrogen and oxygen atoms in total. The van der Waals surface area contributed by atoms with Gasteiger partial charge in [0.2, 0.25) is 5.91 Å². The highest BCUT2D eigenvalue weighted by molar-refractivity contribution is 6.30. The average Bonchev–Trinajstić information content (AvgIpc) is 2.54. The summed E-state index contributed by atoms with van der Waals surface area (Å²) in [4.78, 5) is 16.8. The molecule has 0 bridgehead atoms. The van der Waals surface area contributed by atoms with E-state index in [2.05, 4.69) is 28.1 Å². The maximum Gasteiger partial charge on any atom is 0.237 e. The fourth-order valence-corrected chi connectivity index (χ4v) is 2.86. The predicted octanol–water partition coefficient (Wildman–Crippen LogP) is 2.77. The minimum atomic E-state index is -0.0736. The van der Waals surface area contributed by atoms with E-state index in [4.69, 9.17) is 11.6 Å². The summed E-state index contributed by atoms with van der Waals surface area (Å²) in [6, 6.07) is 8.12. The summed E-state index contributed by atoms with van der Waals surface area (Å²) in [5, 5.41) is 3.83. The molecule has 1 aromatic rings. The molecule has 22 heavy (non-hydrogen) atoms. The fraction of sp³-hybridized carbons (Fsp3) is 0.588. The molecule has 2 unspecified atom stereocenters. The highest BCUT2D eigenvalue weighted by Crippen LogP contribution is 2.21. The lowest BCUT2D eigenvalue weighted by atomic mass is 10.1. The number of hydrogen-bond donors (Lipinski definition) is 1. The average molecular weight is 324 g/mol. The predicted molar refractivity (Wildman–Crippen MR) is 92.6 cm³/mol. The summed E-state index contributed by atoms with van der Waals surface area (Å²) >= 11 is 6.06. The summed E-state index contributed by atoms with van der Waals surface area (Å²) in [6.45, 7) is 9.74. The van der Waals surface area contributed by atoms with Crippen LogP contribution in [0.1, 0.15) is 27.2 Å². The number of halogens is 1. The molecular weight excluding hydrogens is 298 g/mol. The number of piperazine rings is 1. The van der Waals surface area contributed by atoms with Gasteiger partial charge in [0, 0.05) is 42.9 Å². The minimum Gasteiger partial charge on any atom is -0.369 e. The van der Waals surface area contributed by atoms with Crippen molar-refractivity contribution >= 4 is 23.2 Å². The Hall–Kier alpha value is -1.26. The van der Waals surface area contributed by atoms with Gasteiger partial charge < -0.3 is 10.2 Å². The van der Waals surface area contributed by atoms with Crippen molar-refractivity contribution < 1.29 is 4.79 Å². The molecule has 5 heteroatoms. The molecule has 1 aromatic carbocycles. The van der Waals surface area contributed by atoms with Gasteiger partial charge in [0.05, 0.1) is 6.04 Å². The van der Waals surface area contributed by atoms with Crippen molar-refractivity contribution in [2.45, 2.75) is 39.3 Å². The highest BCUT2D eigenvalue weighted by atomic mass is 35.5. The first-order valence-corrected chi connectivity index (χ1v) is 8.44. The molecule has 0 spiro atoms. The van der Waals surface area contributed by atoms with Crippen LogP contribution in [0.25, 0.3) is 0 Å². The van der Waals surface area contributed by atoms with Gasteiger partial charge >= 0.3 is 0 Å². The Balaban J connectivity index is 1.87. The zero-order valence-electron chi connectivity index (χ0n) is 13.7. The van der Waals surface area contributed by atoms with Crippen LogP contribution in [0.4, 0.5) is 5.69 Å². The van der Waals surface area contributed by atoms with Gasteiger partial charge in [-0.3, -0.25) is 9.69 Å². The molecule has 1 saturated heterocycles. The van der Waals surface area contributed by atoms with Gasteiger partial charge in [0.25, 0.3) is 0 Å². The van der Waals surface area contributed by atoms with E-state index in [0.29, 0.717) is 0 Å². The molecule has 1 amide bonds. The second kappa shape index (κ2) is 7.84. The third-order valence-electron chi connectivity index (χ3n) is 4.42. The van der Waals surface area contributed by atoms with E-state index in [0.717, 1.165) is 43.3 Å². The van der Waals surface area contributed by atoms with E-state index >= 15 is 0 Å². The van der Waals surface area contributed by atoms with Crippen molar-refractivity contribution in [3.63, 3.8) is 0 Å².